The summed E-state index contributed by atoms with van der Waals surface area (Å²) in [5, 5.41) is 0. The first-order valence-electron chi connectivity index (χ1n) is 8.64. The highest BCUT2D eigenvalue weighted by molar-refractivity contribution is 5.41. The lowest BCUT2D eigenvalue weighted by Gasteiger charge is -2.37. The standard InChI is InChI=1S/C18H26N4O/c1-14-3-2-4-17-20-16(12-22(14)17)11-21-10-15(9-19)18(13-21)5-7-23-8-6-18/h2-4,12,15H,5-11,13,19H2,1H3. The van der Waals surface area contributed by atoms with Crippen LogP contribution < -0.4 is 5.73 Å². The van der Waals surface area contributed by atoms with Crippen molar-refractivity contribution in [3.63, 3.8) is 0 Å². The Hall–Kier alpha value is -1.43. The van der Waals surface area contributed by atoms with E-state index >= 15 is 0 Å². The minimum Gasteiger partial charge on any atom is -0.381 e. The van der Waals surface area contributed by atoms with Crippen molar-refractivity contribution in [2.24, 2.45) is 17.1 Å². The smallest absolute Gasteiger partial charge is 0.137 e. The molecule has 0 aliphatic carbocycles. The van der Waals surface area contributed by atoms with Crippen LogP contribution in [0.15, 0.2) is 24.4 Å². The molecule has 2 N–H and O–H groups in total. The predicted molar refractivity (Wildman–Crippen MR) is 90.2 cm³/mol. The van der Waals surface area contributed by atoms with Crippen molar-refractivity contribution in [3.05, 3.63) is 35.8 Å². The first kappa shape index (κ1) is 15.1. The molecule has 1 spiro atoms. The summed E-state index contributed by atoms with van der Waals surface area (Å²) >= 11 is 0. The molecule has 5 heteroatoms. The van der Waals surface area contributed by atoms with Crippen molar-refractivity contribution in [3.8, 4) is 0 Å². The van der Waals surface area contributed by atoms with Crippen LogP contribution in [0.3, 0.4) is 0 Å². The zero-order chi connectivity index (χ0) is 15.9. The van der Waals surface area contributed by atoms with Crippen molar-refractivity contribution < 1.29 is 4.74 Å². The van der Waals surface area contributed by atoms with Gasteiger partial charge in [0.2, 0.25) is 0 Å². The second-order valence-electron chi connectivity index (χ2n) is 7.20. The van der Waals surface area contributed by atoms with Gasteiger partial charge in [-0.15, -0.1) is 0 Å². The molecule has 4 rings (SSSR count). The van der Waals surface area contributed by atoms with E-state index in [1.54, 1.807) is 0 Å². The Morgan fingerprint density at radius 1 is 1.35 bits per heavy atom. The number of nitrogens with two attached hydrogens (primary N) is 1. The molecule has 0 saturated carbocycles. The Labute approximate surface area is 137 Å². The number of aromatic nitrogens is 2. The Morgan fingerprint density at radius 2 is 2.17 bits per heavy atom. The highest BCUT2D eigenvalue weighted by Crippen LogP contribution is 2.44. The number of hydrogen-bond donors (Lipinski definition) is 1. The Bertz CT molecular complexity index is 689. The van der Waals surface area contributed by atoms with Gasteiger partial charge in [-0.3, -0.25) is 4.90 Å². The van der Waals surface area contributed by atoms with Gasteiger partial charge in [-0.1, -0.05) is 6.07 Å². The van der Waals surface area contributed by atoms with Gasteiger partial charge in [0.05, 0.1) is 5.69 Å². The molecule has 1 unspecified atom stereocenters. The van der Waals surface area contributed by atoms with Crippen LogP contribution in [-0.4, -0.2) is 47.1 Å². The first-order valence-corrected chi connectivity index (χ1v) is 8.64. The molecule has 0 aromatic carbocycles. The number of nitrogens with zero attached hydrogens (tertiary/aromatic N) is 3. The normalized spacial score (nSPS) is 24.7. The largest absolute Gasteiger partial charge is 0.381 e. The summed E-state index contributed by atoms with van der Waals surface area (Å²) in [6.07, 6.45) is 4.47. The molecule has 2 aromatic heterocycles. The monoisotopic (exact) mass is 314 g/mol. The maximum absolute atomic E-state index is 6.09. The van der Waals surface area contributed by atoms with E-state index in [2.05, 4.69) is 40.6 Å². The number of rotatable bonds is 3. The molecule has 1 atom stereocenters. The van der Waals surface area contributed by atoms with Crippen molar-refractivity contribution in [2.75, 3.05) is 32.8 Å². The van der Waals surface area contributed by atoms with E-state index < -0.39 is 0 Å². The third-order valence-electron chi connectivity index (χ3n) is 5.79. The predicted octanol–water partition coefficient (Wildman–Crippen LogP) is 1.83. The average molecular weight is 314 g/mol. The number of likely N-dealkylation sites (tertiary alicyclic amines) is 1. The van der Waals surface area contributed by atoms with Crippen LogP contribution in [0.5, 0.6) is 0 Å². The Morgan fingerprint density at radius 3 is 2.91 bits per heavy atom. The highest BCUT2D eigenvalue weighted by Gasteiger charge is 2.46. The summed E-state index contributed by atoms with van der Waals surface area (Å²) in [7, 11) is 0. The molecule has 4 heterocycles. The van der Waals surface area contributed by atoms with Gasteiger partial charge in [0.25, 0.3) is 0 Å². The molecule has 0 bridgehead atoms. The van der Waals surface area contributed by atoms with Crippen LogP contribution in [0.2, 0.25) is 0 Å². The van der Waals surface area contributed by atoms with E-state index in [4.69, 9.17) is 15.5 Å². The maximum Gasteiger partial charge on any atom is 0.137 e. The van der Waals surface area contributed by atoms with Crippen LogP contribution in [-0.2, 0) is 11.3 Å². The van der Waals surface area contributed by atoms with E-state index in [-0.39, 0.29) is 0 Å². The van der Waals surface area contributed by atoms with Crippen molar-refractivity contribution in [1.82, 2.24) is 14.3 Å². The summed E-state index contributed by atoms with van der Waals surface area (Å²) < 4.78 is 7.76. The lowest BCUT2D eigenvalue weighted by Crippen LogP contribution is -2.39. The minimum atomic E-state index is 0.363. The summed E-state index contributed by atoms with van der Waals surface area (Å²) in [5.41, 5.74) is 9.87. The van der Waals surface area contributed by atoms with Crippen LogP contribution in [0, 0.1) is 18.3 Å². The van der Waals surface area contributed by atoms with E-state index in [1.165, 1.54) is 5.69 Å². The summed E-state index contributed by atoms with van der Waals surface area (Å²) in [6.45, 7) is 7.81. The van der Waals surface area contributed by atoms with Gasteiger partial charge in [0.1, 0.15) is 5.65 Å². The van der Waals surface area contributed by atoms with Gasteiger partial charge < -0.3 is 14.9 Å². The quantitative estimate of drug-likeness (QED) is 0.939. The van der Waals surface area contributed by atoms with Gasteiger partial charge >= 0.3 is 0 Å². The fourth-order valence-electron chi connectivity index (χ4n) is 4.44. The van der Waals surface area contributed by atoms with Crippen molar-refractivity contribution in [1.29, 1.82) is 0 Å². The van der Waals surface area contributed by atoms with Crippen molar-refractivity contribution in [2.45, 2.75) is 26.3 Å². The molecule has 124 valence electrons. The van der Waals surface area contributed by atoms with Gasteiger partial charge in [0, 0.05) is 44.7 Å². The molecule has 2 aliphatic heterocycles. The molecule has 0 radical (unpaired) electrons. The number of pyridine rings is 1. The zero-order valence-electron chi connectivity index (χ0n) is 13.9. The van der Waals surface area contributed by atoms with Crippen LogP contribution in [0.4, 0.5) is 0 Å². The molecular weight excluding hydrogens is 288 g/mol. The minimum absolute atomic E-state index is 0.363. The summed E-state index contributed by atoms with van der Waals surface area (Å²) in [6, 6.07) is 6.26. The average Bonchev–Trinajstić information content (AvgIpc) is 3.10. The van der Waals surface area contributed by atoms with E-state index in [0.717, 1.165) is 63.6 Å². The maximum atomic E-state index is 6.09. The van der Waals surface area contributed by atoms with Crippen LogP contribution >= 0.6 is 0 Å². The molecular formula is C18H26N4O. The first-order chi connectivity index (χ1) is 11.2. The van der Waals surface area contributed by atoms with E-state index in [0.29, 0.717) is 11.3 Å². The molecule has 5 nitrogen and oxygen atoms in total. The third-order valence-corrected chi connectivity index (χ3v) is 5.79. The second-order valence-corrected chi connectivity index (χ2v) is 7.20. The molecule has 2 saturated heterocycles. The van der Waals surface area contributed by atoms with E-state index in [9.17, 15) is 0 Å². The van der Waals surface area contributed by atoms with Crippen LogP contribution in [0.1, 0.15) is 24.2 Å². The topological polar surface area (TPSA) is 55.8 Å². The molecule has 2 fully saturated rings. The molecule has 23 heavy (non-hydrogen) atoms. The fraction of sp³-hybridized carbons (Fsp3) is 0.611. The number of ether oxygens (including phenoxy) is 1. The summed E-state index contributed by atoms with van der Waals surface area (Å²) in [5.74, 6) is 0.588. The van der Waals surface area contributed by atoms with Crippen molar-refractivity contribution >= 4 is 5.65 Å². The number of imidazole rings is 1. The van der Waals surface area contributed by atoms with Gasteiger partial charge in [-0.2, -0.15) is 0 Å². The van der Waals surface area contributed by atoms with Gasteiger partial charge in [0.15, 0.2) is 0 Å². The zero-order valence-corrected chi connectivity index (χ0v) is 13.9. The lowest BCUT2D eigenvalue weighted by molar-refractivity contribution is 0.00100. The second kappa shape index (κ2) is 5.89. The SMILES string of the molecule is Cc1cccc2nc(CN3CC(CN)C4(CCOCC4)C3)cn12. The molecule has 0 amide bonds. The third kappa shape index (κ3) is 2.67. The number of fused-ring (bicyclic) bond motifs is 1. The van der Waals surface area contributed by atoms with E-state index in [1.807, 2.05) is 0 Å². The highest BCUT2D eigenvalue weighted by atomic mass is 16.5. The van der Waals surface area contributed by atoms with Gasteiger partial charge in [-0.05, 0) is 49.8 Å². The lowest BCUT2D eigenvalue weighted by atomic mass is 9.72. The Kier molecular flexibility index (Phi) is 3.87. The summed E-state index contributed by atoms with van der Waals surface area (Å²) in [4.78, 5) is 7.33. The molecule has 2 aliphatic rings. The fourth-order valence-corrected chi connectivity index (χ4v) is 4.44. The molecule has 2 aromatic rings. The number of hydrogen-bond acceptors (Lipinski definition) is 4. The van der Waals surface area contributed by atoms with Gasteiger partial charge in [-0.25, -0.2) is 4.98 Å². The number of aryl methyl sites for hydroxylation is 1. The van der Waals surface area contributed by atoms with Crippen LogP contribution in [0.25, 0.3) is 5.65 Å². The Balaban J connectivity index is 1.53.